The van der Waals surface area contributed by atoms with Crippen LogP contribution in [-0.2, 0) is 0 Å². The van der Waals surface area contributed by atoms with Crippen molar-refractivity contribution in [3.63, 3.8) is 0 Å². The van der Waals surface area contributed by atoms with E-state index in [-0.39, 0.29) is 11.9 Å². The maximum Gasteiger partial charge on any atom is 0.251 e. The number of nitrogens with zero attached hydrogens (tertiary/aromatic N) is 2. The Labute approximate surface area is 164 Å². The molecule has 1 N–H and O–H groups in total. The summed E-state index contributed by atoms with van der Waals surface area (Å²) in [6.45, 7) is 4.58. The number of carbonyl (C=O) groups is 1. The fourth-order valence-corrected chi connectivity index (χ4v) is 4.99. The Morgan fingerprint density at radius 2 is 1.93 bits per heavy atom. The molecule has 1 aromatic carbocycles. The van der Waals surface area contributed by atoms with Gasteiger partial charge in [0.2, 0.25) is 5.88 Å². The van der Waals surface area contributed by atoms with Crippen LogP contribution in [0.15, 0.2) is 52.4 Å². The van der Waals surface area contributed by atoms with E-state index in [0.29, 0.717) is 17.8 Å². The first-order valence-electron chi connectivity index (χ1n) is 9.47. The summed E-state index contributed by atoms with van der Waals surface area (Å²) in [6.07, 6.45) is 4.12. The number of piperidine rings is 3. The number of pyridine rings is 1. The molecule has 27 heavy (non-hydrogen) atoms. The van der Waals surface area contributed by atoms with Crippen molar-refractivity contribution in [2.24, 2.45) is 5.92 Å². The zero-order valence-electron chi connectivity index (χ0n) is 15.7. The molecule has 5 nitrogen and oxygen atoms in total. The van der Waals surface area contributed by atoms with Gasteiger partial charge in [0.25, 0.3) is 5.91 Å². The molecular formula is C21H25N3O2S. The van der Waals surface area contributed by atoms with Crippen molar-refractivity contribution in [1.82, 2.24) is 15.2 Å². The number of methoxy groups -OCH3 is 1. The first kappa shape index (κ1) is 18.3. The van der Waals surface area contributed by atoms with Crippen molar-refractivity contribution in [3.8, 4) is 5.88 Å². The summed E-state index contributed by atoms with van der Waals surface area (Å²) in [7, 11) is 1.61. The molecule has 2 aromatic rings. The van der Waals surface area contributed by atoms with E-state index in [9.17, 15) is 4.79 Å². The highest BCUT2D eigenvalue weighted by atomic mass is 32.2. The van der Waals surface area contributed by atoms with Crippen LogP contribution < -0.4 is 10.1 Å². The molecule has 3 aliphatic heterocycles. The number of hydrogen-bond acceptors (Lipinski definition) is 5. The van der Waals surface area contributed by atoms with Gasteiger partial charge in [0.15, 0.2) is 0 Å². The topological polar surface area (TPSA) is 54.5 Å². The van der Waals surface area contributed by atoms with Gasteiger partial charge in [-0.2, -0.15) is 0 Å². The molecule has 1 amide bonds. The normalized spacial score (nSPS) is 26.6. The van der Waals surface area contributed by atoms with Crippen LogP contribution in [0.25, 0.3) is 0 Å². The van der Waals surface area contributed by atoms with Gasteiger partial charge in [-0.1, -0.05) is 11.8 Å². The number of nitrogens with one attached hydrogen (secondary N) is 1. The summed E-state index contributed by atoms with van der Waals surface area (Å²) in [5.74, 6) is 1.25. The highest BCUT2D eigenvalue weighted by Crippen LogP contribution is 2.32. The van der Waals surface area contributed by atoms with E-state index < -0.39 is 0 Å². The summed E-state index contributed by atoms with van der Waals surface area (Å²) >= 11 is 1.63. The van der Waals surface area contributed by atoms with Crippen LogP contribution in [0.1, 0.15) is 30.1 Å². The summed E-state index contributed by atoms with van der Waals surface area (Å²) in [5, 5.41) is 3.29. The lowest BCUT2D eigenvalue weighted by molar-refractivity contribution is 0.0217. The molecule has 2 bridgehead atoms. The third-order valence-electron chi connectivity index (χ3n) is 5.74. The third kappa shape index (κ3) is 3.96. The third-order valence-corrected chi connectivity index (χ3v) is 6.74. The van der Waals surface area contributed by atoms with Crippen LogP contribution >= 0.6 is 11.8 Å². The van der Waals surface area contributed by atoms with Crippen LogP contribution in [0.2, 0.25) is 0 Å². The standard InChI is InChI=1S/C21H25N3O2S/c1-14-20(15-8-11-24(14)12-9-15)23-21(25)16-3-5-17(6-4-16)27-18-7-10-22-19(13-18)26-2/h3-7,10,13-15,20H,8-9,11-12H2,1-2H3,(H,23,25)/t14-,20+/m1/s1. The van der Waals surface area contributed by atoms with Crippen molar-refractivity contribution in [1.29, 1.82) is 0 Å². The predicted octanol–water partition coefficient (Wildman–Crippen LogP) is 3.45. The second-order valence-electron chi connectivity index (χ2n) is 7.27. The van der Waals surface area contributed by atoms with Crippen molar-refractivity contribution in [3.05, 3.63) is 48.2 Å². The van der Waals surface area contributed by atoms with Crippen molar-refractivity contribution >= 4 is 17.7 Å². The number of aromatic nitrogens is 1. The smallest absolute Gasteiger partial charge is 0.251 e. The van der Waals surface area contributed by atoms with Crippen LogP contribution in [0, 0.1) is 5.92 Å². The van der Waals surface area contributed by atoms with E-state index in [1.54, 1.807) is 25.1 Å². The van der Waals surface area contributed by atoms with Gasteiger partial charge in [-0.15, -0.1) is 0 Å². The van der Waals surface area contributed by atoms with E-state index >= 15 is 0 Å². The Kier molecular flexibility index (Phi) is 5.36. The Morgan fingerprint density at radius 1 is 1.19 bits per heavy atom. The van der Waals surface area contributed by atoms with Crippen molar-refractivity contribution in [2.45, 2.75) is 41.6 Å². The molecule has 0 radical (unpaired) electrons. The minimum atomic E-state index is 0.0303. The molecule has 1 aromatic heterocycles. The number of amides is 1. The molecule has 3 fully saturated rings. The van der Waals surface area contributed by atoms with Gasteiger partial charge in [-0.05, 0) is 69.1 Å². The van der Waals surface area contributed by atoms with E-state index in [0.717, 1.165) is 15.4 Å². The minimum Gasteiger partial charge on any atom is -0.481 e. The number of benzene rings is 1. The molecule has 142 valence electrons. The second-order valence-corrected chi connectivity index (χ2v) is 8.42. The van der Waals surface area contributed by atoms with Gasteiger partial charge in [-0.3, -0.25) is 9.69 Å². The number of rotatable bonds is 5. The molecule has 2 atom stereocenters. The monoisotopic (exact) mass is 383 g/mol. The van der Waals surface area contributed by atoms with E-state index in [1.807, 2.05) is 36.4 Å². The molecule has 0 unspecified atom stereocenters. The Hall–Kier alpha value is -2.05. The maximum absolute atomic E-state index is 12.7. The zero-order chi connectivity index (χ0) is 18.8. The fourth-order valence-electron chi connectivity index (χ4n) is 4.16. The molecule has 4 heterocycles. The first-order chi connectivity index (χ1) is 13.1. The van der Waals surface area contributed by atoms with Crippen LogP contribution in [0.5, 0.6) is 5.88 Å². The molecule has 3 saturated heterocycles. The Balaban J connectivity index is 1.40. The summed E-state index contributed by atoms with van der Waals surface area (Å²) < 4.78 is 5.16. The van der Waals surface area contributed by atoms with E-state index in [1.165, 1.54) is 25.9 Å². The fraction of sp³-hybridized carbons (Fsp3) is 0.429. The van der Waals surface area contributed by atoms with Gasteiger partial charge in [0.05, 0.1) is 7.11 Å². The van der Waals surface area contributed by atoms with Gasteiger partial charge >= 0.3 is 0 Å². The van der Waals surface area contributed by atoms with Crippen molar-refractivity contribution in [2.75, 3.05) is 20.2 Å². The summed E-state index contributed by atoms with van der Waals surface area (Å²) in [6, 6.07) is 12.3. The van der Waals surface area contributed by atoms with Crippen LogP contribution in [0.3, 0.4) is 0 Å². The molecule has 0 spiro atoms. The lowest BCUT2D eigenvalue weighted by Gasteiger charge is -2.49. The largest absolute Gasteiger partial charge is 0.481 e. The lowest BCUT2D eigenvalue weighted by atomic mass is 9.79. The highest BCUT2D eigenvalue weighted by Gasteiger charge is 2.40. The Bertz CT molecular complexity index is 801. The van der Waals surface area contributed by atoms with Gasteiger partial charge < -0.3 is 10.1 Å². The number of fused-ring (bicyclic) bond motifs is 3. The first-order valence-corrected chi connectivity index (χ1v) is 10.3. The maximum atomic E-state index is 12.7. The van der Waals surface area contributed by atoms with E-state index in [2.05, 4.69) is 22.1 Å². The molecule has 3 aliphatic rings. The molecule has 5 rings (SSSR count). The van der Waals surface area contributed by atoms with Gasteiger partial charge in [-0.25, -0.2) is 4.98 Å². The second kappa shape index (κ2) is 7.90. The quantitative estimate of drug-likeness (QED) is 0.857. The predicted molar refractivity (Wildman–Crippen MR) is 106 cm³/mol. The Morgan fingerprint density at radius 3 is 2.59 bits per heavy atom. The summed E-state index contributed by atoms with van der Waals surface area (Å²) in [5.41, 5.74) is 0.718. The zero-order valence-corrected chi connectivity index (χ0v) is 16.5. The number of carbonyl (C=O) groups excluding carboxylic acids is 1. The number of ether oxygens (including phenoxy) is 1. The molecule has 6 heteroatoms. The highest BCUT2D eigenvalue weighted by molar-refractivity contribution is 7.99. The molecular weight excluding hydrogens is 358 g/mol. The molecule has 0 saturated carbocycles. The molecule has 0 aliphatic carbocycles. The van der Waals surface area contributed by atoms with Gasteiger partial charge in [0, 0.05) is 39.7 Å². The lowest BCUT2D eigenvalue weighted by Crippen LogP contribution is -2.62. The number of hydrogen-bond donors (Lipinski definition) is 1. The van der Waals surface area contributed by atoms with Crippen LogP contribution in [-0.4, -0.2) is 48.1 Å². The van der Waals surface area contributed by atoms with Crippen molar-refractivity contribution < 1.29 is 9.53 Å². The average Bonchev–Trinajstić information content (AvgIpc) is 2.71. The summed E-state index contributed by atoms with van der Waals surface area (Å²) in [4.78, 5) is 21.5. The SMILES string of the molecule is COc1cc(Sc2ccc(C(=O)N[C@@H]3C4CCN(CC4)[C@@H]3C)cc2)ccn1. The van der Waals surface area contributed by atoms with E-state index in [4.69, 9.17) is 4.74 Å². The van der Waals surface area contributed by atoms with Crippen LogP contribution in [0.4, 0.5) is 0 Å². The minimum absolute atomic E-state index is 0.0303. The van der Waals surface area contributed by atoms with Gasteiger partial charge in [0.1, 0.15) is 0 Å². The average molecular weight is 384 g/mol.